The van der Waals surface area contributed by atoms with Gasteiger partial charge in [-0.2, -0.15) is 0 Å². The van der Waals surface area contributed by atoms with Crippen molar-refractivity contribution in [3.05, 3.63) is 35.4 Å². The first-order valence-corrected chi connectivity index (χ1v) is 11.3. The second kappa shape index (κ2) is 8.40. The Kier molecular flexibility index (Phi) is 5.85. The highest BCUT2D eigenvalue weighted by Gasteiger charge is 2.43. The van der Waals surface area contributed by atoms with Gasteiger partial charge in [-0.15, -0.1) is 0 Å². The number of fused-ring (bicyclic) bond motifs is 1. The molecule has 0 spiro atoms. The van der Waals surface area contributed by atoms with Crippen LogP contribution in [0.15, 0.2) is 24.3 Å². The normalized spacial score (nSPS) is 24.5. The number of benzene rings is 1. The van der Waals surface area contributed by atoms with Crippen molar-refractivity contribution in [1.29, 1.82) is 0 Å². The molecule has 162 valence electrons. The van der Waals surface area contributed by atoms with Crippen molar-refractivity contribution in [3.8, 4) is 0 Å². The Bertz CT molecular complexity index is 831. The van der Waals surface area contributed by atoms with Crippen molar-refractivity contribution in [3.63, 3.8) is 0 Å². The molecule has 0 bridgehead atoms. The smallest absolute Gasteiger partial charge is 0.246 e. The first-order valence-electron chi connectivity index (χ1n) is 11.3. The second-order valence-corrected chi connectivity index (χ2v) is 9.49. The first kappa shape index (κ1) is 20.9. The van der Waals surface area contributed by atoms with Gasteiger partial charge in [0.2, 0.25) is 17.7 Å². The van der Waals surface area contributed by atoms with Crippen LogP contribution in [0, 0.1) is 12.3 Å². The van der Waals surface area contributed by atoms with E-state index in [1.165, 1.54) is 6.42 Å². The number of piperazine rings is 1. The maximum Gasteiger partial charge on any atom is 0.246 e. The van der Waals surface area contributed by atoms with E-state index < -0.39 is 6.04 Å². The molecule has 1 unspecified atom stereocenters. The van der Waals surface area contributed by atoms with Gasteiger partial charge in [-0.3, -0.25) is 14.4 Å². The van der Waals surface area contributed by atoms with Gasteiger partial charge in [0.25, 0.3) is 0 Å². The fraction of sp³-hybridized carbons (Fsp3) is 0.625. The lowest BCUT2D eigenvalue weighted by Gasteiger charge is -2.39. The lowest BCUT2D eigenvalue weighted by molar-refractivity contribution is -0.156. The molecular formula is C24H33N3O3. The summed E-state index contributed by atoms with van der Waals surface area (Å²) in [6.45, 7) is 6.22. The Balaban J connectivity index is 1.45. The van der Waals surface area contributed by atoms with E-state index in [4.69, 9.17) is 0 Å². The van der Waals surface area contributed by atoms with Gasteiger partial charge < -0.3 is 14.7 Å². The van der Waals surface area contributed by atoms with Crippen molar-refractivity contribution >= 4 is 17.7 Å². The van der Waals surface area contributed by atoms with Crippen molar-refractivity contribution in [2.24, 2.45) is 5.41 Å². The zero-order chi connectivity index (χ0) is 21.3. The van der Waals surface area contributed by atoms with Gasteiger partial charge in [0.15, 0.2) is 0 Å². The fourth-order valence-electron chi connectivity index (χ4n) is 5.32. The highest BCUT2D eigenvalue weighted by Crippen LogP contribution is 2.38. The van der Waals surface area contributed by atoms with Crippen LogP contribution in [0.2, 0.25) is 0 Å². The highest BCUT2D eigenvalue weighted by molar-refractivity contribution is 5.95. The summed E-state index contributed by atoms with van der Waals surface area (Å²) in [6, 6.07) is 7.61. The fourth-order valence-corrected chi connectivity index (χ4v) is 5.32. The summed E-state index contributed by atoms with van der Waals surface area (Å²) >= 11 is 0. The minimum atomic E-state index is -0.451. The minimum absolute atomic E-state index is 0.00860. The lowest BCUT2D eigenvalue weighted by Crippen LogP contribution is -2.59. The third kappa shape index (κ3) is 4.09. The van der Waals surface area contributed by atoms with Gasteiger partial charge in [0, 0.05) is 31.6 Å². The molecule has 1 aromatic carbocycles. The third-order valence-electron chi connectivity index (χ3n) is 7.12. The van der Waals surface area contributed by atoms with Gasteiger partial charge in [-0.1, -0.05) is 56.0 Å². The van der Waals surface area contributed by atoms with E-state index in [1.54, 1.807) is 9.80 Å². The molecule has 30 heavy (non-hydrogen) atoms. The summed E-state index contributed by atoms with van der Waals surface area (Å²) in [4.78, 5) is 44.6. The number of nitrogens with zero attached hydrogens (tertiary/aromatic N) is 3. The summed E-state index contributed by atoms with van der Waals surface area (Å²) in [5, 5.41) is 0. The molecule has 1 aromatic rings. The SMILES string of the molecule is Cc1cccc(CN2CC(=O)N3CCN(C(=O)C4(C)CCCCC4)CCC3C2=O)c1. The van der Waals surface area contributed by atoms with Crippen LogP contribution >= 0.6 is 0 Å². The summed E-state index contributed by atoms with van der Waals surface area (Å²) in [7, 11) is 0. The Morgan fingerprint density at radius 2 is 1.87 bits per heavy atom. The molecule has 2 aliphatic heterocycles. The molecule has 0 aromatic heterocycles. The third-order valence-corrected chi connectivity index (χ3v) is 7.12. The standard InChI is InChI=1S/C24H33N3O3/c1-18-7-6-8-19(15-18)16-26-17-21(28)27-14-13-25(12-9-20(27)22(26)29)23(30)24(2)10-4-3-5-11-24/h6-8,15,20H,3-5,9-14,16-17H2,1-2H3. The maximum absolute atomic E-state index is 13.3. The van der Waals surface area contributed by atoms with E-state index in [-0.39, 0.29) is 29.7 Å². The quantitative estimate of drug-likeness (QED) is 0.768. The molecule has 6 nitrogen and oxygen atoms in total. The molecule has 1 aliphatic carbocycles. The Hall–Kier alpha value is -2.37. The van der Waals surface area contributed by atoms with Crippen molar-refractivity contribution in [2.45, 2.75) is 65.0 Å². The first-order chi connectivity index (χ1) is 14.4. The highest BCUT2D eigenvalue weighted by atomic mass is 16.2. The van der Waals surface area contributed by atoms with Gasteiger partial charge in [-0.25, -0.2) is 0 Å². The van der Waals surface area contributed by atoms with Crippen LogP contribution < -0.4 is 0 Å². The molecule has 1 atom stereocenters. The molecule has 3 aliphatic rings. The average molecular weight is 412 g/mol. The molecule has 3 amide bonds. The molecule has 2 saturated heterocycles. The van der Waals surface area contributed by atoms with Crippen LogP contribution in [0.5, 0.6) is 0 Å². The van der Waals surface area contributed by atoms with Crippen LogP contribution in [-0.2, 0) is 20.9 Å². The van der Waals surface area contributed by atoms with Crippen molar-refractivity contribution < 1.29 is 14.4 Å². The van der Waals surface area contributed by atoms with E-state index >= 15 is 0 Å². The maximum atomic E-state index is 13.3. The molecule has 3 fully saturated rings. The van der Waals surface area contributed by atoms with Gasteiger partial charge in [-0.05, 0) is 31.7 Å². The minimum Gasteiger partial charge on any atom is -0.340 e. The lowest BCUT2D eigenvalue weighted by atomic mass is 9.74. The molecule has 2 heterocycles. The summed E-state index contributed by atoms with van der Waals surface area (Å²) in [5.74, 6) is 0.207. The van der Waals surface area contributed by atoms with Gasteiger partial charge >= 0.3 is 0 Å². The predicted octanol–water partition coefficient (Wildman–Crippen LogP) is 2.74. The molecule has 0 radical (unpaired) electrons. The van der Waals surface area contributed by atoms with Crippen LogP contribution in [0.3, 0.4) is 0 Å². The Labute approximate surface area is 179 Å². The number of hydrogen-bond donors (Lipinski definition) is 0. The molecule has 1 saturated carbocycles. The van der Waals surface area contributed by atoms with E-state index in [0.717, 1.165) is 36.8 Å². The number of aryl methyl sites for hydroxylation is 1. The molecular weight excluding hydrogens is 378 g/mol. The van der Waals surface area contributed by atoms with E-state index in [1.807, 2.05) is 30.0 Å². The van der Waals surface area contributed by atoms with Gasteiger partial charge in [0.1, 0.15) is 12.6 Å². The predicted molar refractivity (Wildman–Crippen MR) is 114 cm³/mol. The number of rotatable bonds is 3. The van der Waals surface area contributed by atoms with E-state index in [2.05, 4.69) is 13.0 Å². The zero-order valence-corrected chi connectivity index (χ0v) is 18.2. The van der Waals surface area contributed by atoms with E-state index in [0.29, 0.717) is 32.6 Å². The van der Waals surface area contributed by atoms with Crippen molar-refractivity contribution in [1.82, 2.24) is 14.7 Å². The largest absolute Gasteiger partial charge is 0.340 e. The van der Waals surface area contributed by atoms with Crippen molar-refractivity contribution in [2.75, 3.05) is 26.2 Å². The Morgan fingerprint density at radius 3 is 2.60 bits per heavy atom. The number of carbonyl (C=O) groups excluding carboxylic acids is 3. The van der Waals surface area contributed by atoms with Crippen LogP contribution in [0.4, 0.5) is 0 Å². The molecule has 4 rings (SSSR count). The zero-order valence-electron chi connectivity index (χ0n) is 18.2. The number of hydrogen-bond acceptors (Lipinski definition) is 3. The van der Waals surface area contributed by atoms with Crippen LogP contribution in [-0.4, -0.2) is 64.6 Å². The molecule has 6 heteroatoms. The number of carbonyl (C=O) groups is 3. The van der Waals surface area contributed by atoms with Gasteiger partial charge in [0.05, 0.1) is 0 Å². The summed E-state index contributed by atoms with van der Waals surface area (Å²) < 4.78 is 0. The molecule has 0 N–H and O–H groups in total. The van der Waals surface area contributed by atoms with Crippen LogP contribution in [0.25, 0.3) is 0 Å². The Morgan fingerprint density at radius 1 is 1.10 bits per heavy atom. The van der Waals surface area contributed by atoms with Crippen LogP contribution in [0.1, 0.15) is 56.6 Å². The topological polar surface area (TPSA) is 60.9 Å². The monoisotopic (exact) mass is 411 g/mol. The summed E-state index contributed by atoms with van der Waals surface area (Å²) in [6.07, 6.45) is 5.83. The second-order valence-electron chi connectivity index (χ2n) is 9.49. The van der Waals surface area contributed by atoms with E-state index in [9.17, 15) is 14.4 Å². The number of amides is 3. The summed E-state index contributed by atoms with van der Waals surface area (Å²) in [5.41, 5.74) is 1.90. The average Bonchev–Trinajstić information content (AvgIpc) is 2.95.